The van der Waals surface area contributed by atoms with Gasteiger partial charge in [-0.2, -0.15) is 0 Å². The molecule has 1 aliphatic heterocycles. The average molecular weight is 313 g/mol. The highest BCUT2D eigenvalue weighted by Gasteiger charge is 2.20. The second kappa shape index (κ2) is 5.58. The third-order valence-corrected chi connectivity index (χ3v) is 4.46. The molecule has 0 saturated carbocycles. The molecule has 2 N–H and O–H groups in total. The molecule has 7 heteroatoms. The van der Waals surface area contributed by atoms with E-state index in [4.69, 9.17) is 4.52 Å². The van der Waals surface area contributed by atoms with Gasteiger partial charge in [0, 0.05) is 38.3 Å². The third kappa shape index (κ3) is 2.63. The number of piperazine rings is 1. The molecule has 0 radical (unpaired) electrons. The van der Waals surface area contributed by atoms with Crippen molar-refractivity contribution in [3.63, 3.8) is 0 Å². The van der Waals surface area contributed by atoms with Gasteiger partial charge in [-0.1, -0.05) is 11.2 Å². The number of nitrogens with one attached hydrogen (secondary N) is 2. The van der Waals surface area contributed by atoms with Crippen LogP contribution in [0.1, 0.15) is 11.3 Å². The SMILES string of the molecule is Cc1conc1CN1CCN(c2cccc3[nH]c(=O)[nH]c23)CC1. The zero-order valence-electron chi connectivity index (χ0n) is 13.0. The molecule has 0 spiro atoms. The number of benzene rings is 1. The van der Waals surface area contributed by atoms with Gasteiger partial charge in [-0.15, -0.1) is 0 Å². The van der Waals surface area contributed by atoms with E-state index in [9.17, 15) is 4.79 Å². The number of hydrogen-bond donors (Lipinski definition) is 2. The molecule has 7 nitrogen and oxygen atoms in total. The number of nitrogens with zero attached hydrogens (tertiary/aromatic N) is 3. The van der Waals surface area contributed by atoms with Gasteiger partial charge in [-0.25, -0.2) is 4.79 Å². The molecule has 0 amide bonds. The summed E-state index contributed by atoms with van der Waals surface area (Å²) in [6.45, 7) is 6.59. The summed E-state index contributed by atoms with van der Waals surface area (Å²) in [6.07, 6.45) is 1.69. The third-order valence-electron chi connectivity index (χ3n) is 4.46. The molecule has 4 rings (SSSR count). The van der Waals surface area contributed by atoms with Gasteiger partial charge in [0.2, 0.25) is 0 Å². The van der Waals surface area contributed by atoms with Gasteiger partial charge in [-0.05, 0) is 19.1 Å². The molecule has 3 heterocycles. The van der Waals surface area contributed by atoms with E-state index in [1.54, 1.807) is 6.26 Å². The van der Waals surface area contributed by atoms with Crippen molar-refractivity contribution >= 4 is 16.7 Å². The maximum absolute atomic E-state index is 11.5. The van der Waals surface area contributed by atoms with Crippen LogP contribution in [0.2, 0.25) is 0 Å². The lowest BCUT2D eigenvalue weighted by Gasteiger charge is -2.35. The summed E-state index contributed by atoms with van der Waals surface area (Å²) in [5.74, 6) is 0. The second-order valence-corrected chi connectivity index (χ2v) is 5.99. The minimum Gasteiger partial charge on any atom is -0.367 e. The van der Waals surface area contributed by atoms with E-state index in [2.05, 4.69) is 31.0 Å². The van der Waals surface area contributed by atoms with Crippen LogP contribution < -0.4 is 10.6 Å². The summed E-state index contributed by atoms with van der Waals surface area (Å²) in [6, 6.07) is 5.95. The molecule has 2 aromatic heterocycles. The fourth-order valence-corrected chi connectivity index (χ4v) is 3.13. The van der Waals surface area contributed by atoms with Crippen molar-refractivity contribution in [3.05, 3.63) is 46.2 Å². The minimum atomic E-state index is -0.160. The highest BCUT2D eigenvalue weighted by molar-refractivity contribution is 5.88. The molecular weight excluding hydrogens is 294 g/mol. The van der Waals surface area contributed by atoms with Crippen LogP contribution in [0.5, 0.6) is 0 Å². The van der Waals surface area contributed by atoms with Gasteiger partial charge in [0.1, 0.15) is 12.0 Å². The molecule has 23 heavy (non-hydrogen) atoms. The van der Waals surface area contributed by atoms with E-state index in [1.165, 1.54) is 0 Å². The Labute approximate surface area is 132 Å². The largest absolute Gasteiger partial charge is 0.367 e. The van der Waals surface area contributed by atoms with Crippen LogP contribution in [0.25, 0.3) is 11.0 Å². The number of hydrogen-bond acceptors (Lipinski definition) is 5. The highest BCUT2D eigenvalue weighted by Crippen LogP contribution is 2.24. The molecule has 120 valence electrons. The fraction of sp³-hybridized carbons (Fsp3) is 0.375. The average Bonchev–Trinajstić information content (AvgIpc) is 3.13. The van der Waals surface area contributed by atoms with Crippen molar-refractivity contribution in [1.82, 2.24) is 20.0 Å². The Bertz CT molecular complexity index is 870. The van der Waals surface area contributed by atoms with Gasteiger partial charge < -0.3 is 19.4 Å². The van der Waals surface area contributed by atoms with Crippen molar-refractivity contribution in [2.75, 3.05) is 31.1 Å². The summed E-state index contributed by atoms with van der Waals surface area (Å²) in [4.78, 5) is 21.9. The molecular formula is C16H19N5O2. The second-order valence-electron chi connectivity index (χ2n) is 5.99. The van der Waals surface area contributed by atoms with Crippen LogP contribution in [0.3, 0.4) is 0 Å². The summed E-state index contributed by atoms with van der Waals surface area (Å²) in [5.41, 5.74) is 4.77. The molecule has 1 aliphatic rings. The van der Waals surface area contributed by atoms with E-state index in [0.717, 1.165) is 60.7 Å². The predicted octanol–water partition coefficient (Wildman–Crippen LogP) is 1.47. The molecule has 0 bridgehead atoms. The Hall–Kier alpha value is -2.54. The van der Waals surface area contributed by atoms with Crippen molar-refractivity contribution in [2.24, 2.45) is 0 Å². The first-order valence-corrected chi connectivity index (χ1v) is 7.79. The van der Waals surface area contributed by atoms with Crippen molar-refractivity contribution in [1.29, 1.82) is 0 Å². The zero-order chi connectivity index (χ0) is 15.8. The van der Waals surface area contributed by atoms with Crippen LogP contribution in [0.4, 0.5) is 5.69 Å². The van der Waals surface area contributed by atoms with Gasteiger partial charge in [-0.3, -0.25) is 4.90 Å². The van der Waals surface area contributed by atoms with Crippen molar-refractivity contribution < 1.29 is 4.52 Å². The number of anilines is 1. The number of rotatable bonds is 3. The standard InChI is InChI=1S/C16H19N5O2/c1-11-10-23-19-13(11)9-20-5-7-21(8-6-20)14-4-2-3-12-15(14)18-16(22)17-12/h2-4,10H,5-9H2,1H3,(H2,17,18,22). The van der Waals surface area contributed by atoms with Crippen LogP contribution >= 0.6 is 0 Å². The predicted molar refractivity (Wildman–Crippen MR) is 87.6 cm³/mol. The Morgan fingerprint density at radius 3 is 2.78 bits per heavy atom. The minimum absolute atomic E-state index is 0.160. The monoisotopic (exact) mass is 313 g/mol. The lowest BCUT2D eigenvalue weighted by molar-refractivity contribution is 0.242. The van der Waals surface area contributed by atoms with Gasteiger partial charge in [0.15, 0.2) is 0 Å². The number of imidazole rings is 1. The smallest absolute Gasteiger partial charge is 0.323 e. The first-order chi connectivity index (χ1) is 11.2. The summed E-state index contributed by atoms with van der Waals surface area (Å²) < 4.78 is 5.00. The van der Waals surface area contributed by atoms with Crippen molar-refractivity contribution in [2.45, 2.75) is 13.5 Å². The quantitative estimate of drug-likeness (QED) is 0.765. The molecule has 0 atom stereocenters. The molecule has 0 aliphatic carbocycles. The van der Waals surface area contributed by atoms with Crippen LogP contribution in [-0.2, 0) is 6.54 Å². The molecule has 1 aromatic carbocycles. The van der Waals surface area contributed by atoms with Gasteiger partial charge in [0.25, 0.3) is 0 Å². The Balaban J connectivity index is 1.48. The van der Waals surface area contributed by atoms with Crippen LogP contribution in [0.15, 0.2) is 33.8 Å². The lowest BCUT2D eigenvalue weighted by atomic mass is 10.2. The topological polar surface area (TPSA) is 81.2 Å². The van der Waals surface area contributed by atoms with Crippen molar-refractivity contribution in [3.8, 4) is 0 Å². The normalized spacial score (nSPS) is 16.3. The zero-order valence-corrected chi connectivity index (χ0v) is 13.0. The number of aryl methyl sites for hydroxylation is 1. The first-order valence-electron chi connectivity index (χ1n) is 7.79. The highest BCUT2D eigenvalue weighted by atomic mass is 16.5. The maximum atomic E-state index is 11.5. The van der Waals surface area contributed by atoms with E-state index >= 15 is 0 Å². The summed E-state index contributed by atoms with van der Waals surface area (Å²) >= 11 is 0. The molecule has 3 aromatic rings. The van der Waals surface area contributed by atoms with Gasteiger partial charge in [0.05, 0.1) is 16.7 Å². The number of H-pyrrole nitrogens is 2. The number of aromatic amines is 2. The molecule has 0 unspecified atom stereocenters. The number of para-hydroxylation sites is 1. The lowest BCUT2D eigenvalue weighted by Crippen LogP contribution is -2.46. The maximum Gasteiger partial charge on any atom is 0.323 e. The fourth-order valence-electron chi connectivity index (χ4n) is 3.13. The van der Waals surface area contributed by atoms with E-state index in [-0.39, 0.29) is 5.69 Å². The van der Waals surface area contributed by atoms with Crippen LogP contribution in [0, 0.1) is 6.92 Å². The number of fused-ring (bicyclic) bond motifs is 1. The van der Waals surface area contributed by atoms with E-state index in [0.29, 0.717) is 0 Å². The Morgan fingerprint density at radius 1 is 1.22 bits per heavy atom. The number of aromatic nitrogens is 3. The summed E-state index contributed by atoms with van der Waals surface area (Å²) in [7, 11) is 0. The first kappa shape index (κ1) is 14.1. The van der Waals surface area contributed by atoms with E-state index < -0.39 is 0 Å². The van der Waals surface area contributed by atoms with E-state index in [1.807, 2.05) is 19.1 Å². The van der Waals surface area contributed by atoms with Crippen LogP contribution in [-0.4, -0.2) is 46.2 Å². The Morgan fingerprint density at radius 2 is 2.04 bits per heavy atom. The molecule has 1 fully saturated rings. The molecule has 1 saturated heterocycles. The Kier molecular flexibility index (Phi) is 3.42. The summed E-state index contributed by atoms with van der Waals surface area (Å²) in [5, 5.41) is 4.06. The van der Waals surface area contributed by atoms with Gasteiger partial charge >= 0.3 is 5.69 Å².